The number of hydrogen-bond donors (Lipinski definition) is 1. The zero-order chi connectivity index (χ0) is 22.2. The normalized spacial score (nSPS) is 24.3. The van der Waals surface area contributed by atoms with Crippen molar-refractivity contribution in [3.8, 4) is 0 Å². The fourth-order valence-corrected chi connectivity index (χ4v) is 6.57. The maximum atomic E-state index is 13.9. The van der Waals surface area contributed by atoms with Gasteiger partial charge in [-0.25, -0.2) is 0 Å². The highest BCUT2D eigenvalue weighted by Gasteiger charge is 2.38. The van der Waals surface area contributed by atoms with Gasteiger partial charge in [-0.3, -0.25) is 9.69 Å². The van der Waals surface area contributed by atoms with Crippen LogP contribution in [-0.4, -0.2) is 34.9 Å². The van der Waals surface area contributed by atoms with E-state index in [0.29, 0.717) is 11.9 Å². The first kappa shape index (κ1) is 21.0. The molecule has 1 N–H and O–H groups in total. The molecule has 6 rings (SSSR count). The van der Waals surface area contributed by atoms with Crippen molar-refractivity contribution < 1.29 is 4.79 Å². The van der Waals surface area contributed by atoms with Gasteiger partial charge in [0.05, 0.1) is 0 Å². The summed E-state index contributed by atoms with van der Waals surface area (Å²) >= 11 is 0. The van der Waals surface area contributed by atoms with E-state index in [9.17, 15) is 4.79 Å². The summed E-state index contributed by atoms with van der Waals surface area (Å²) in [5, 5.41) is 1.29. The Labute approximate surface area is 197 Å². The molecule has 0 bridgehead atoms. The van der Waals surface area contributed by atoms with E-state index in [2.05, 4.69) is 69.4 Å². The van der Waals surface area contributed by atoms with E-state index in [4.69, 9.17) is 0 Å². The number of benzene rings is 2. The number of likely N-dealkylation sites (tertiary alicyclic amines) is 1. The van der Waals surface area contributed by atoms with Crippen molar-refractivity contribution >= 4 is 22.5 Å². The number of rotatable bonds is 4. The Bertz CT molecular complexity index is 1100. The zero-order valence-electron chi connectivity index (χ0n) is 19.5. The topological polar surface area (TPSA) is 39.3 Å². The van der Waals surface area contributed by atoms with Gasteiger partial charge in [-0.15, -0.1) is 0 Å². The number of carbonyl (C=O) groups excluding carboxylic acids is 1. The van der Waals surface area contributed by atoms with Gasteiger partial charge in [-0.05, 0) is 74.2 Å². The molecule has 2 fully saturated rings. The predicted octanol–water partition coefficient (Wildman–Crippen LogP) is 6.23. The number of carbonyl (C=O) groups is 1. The molecule has 1 saturated carbocycles. The molecular weight excluding hydrogens is 406 g/mol. The predicted molar refractivity (Wildman–Crippen MR) is 134 cm³/mol. The van der Waals surface area contributed by atoms with Crippen LogP contribution < -0.4 is 4.90 Å². The van der Waals surface area contributed by atoms with Crippen molar-refractivity contribution in [2.45, 2.75) is 69.9 Å². The van der Waals surface area contributed by atoms with Crippen LogP contribution in [0.5, 0.6) is 0 Å². The molecule has 4 nitrogen and oxygen atoms in total. The van der Waals surface area contributed by atoms with Gasteiger partial charge in [0, 0.05) is 41.4 Å². The number of aromatic nitrogens is 1. The Morgan fingerprint density at radius 3 is 2.61 bits per heavy atom. The van der Waals surface area contributed by atoms with E-state index in [-0.39, 0.29) is 12.0 Å². The van der Waals surface area contributed by atoms with Crippen LogP contribution in [0.1, 0.15) is 68.7 Å². The van der Waals surface area contributed by atoms with Gasteiger partial charge in [0.2, 0.25) is 5.91 Å². The Balaban J connectivity index is 1.27. The molecule has 2 unspecified atom stereocenters. The summed E-state index contributed by atoms with van der Waals surface area (Å²) in [5.74, 6) is 0.587. The molecule has 1 aliphatic carbocycles. The average Bonchev–Trinajstić information content (AvgIpc) is 3.50. The molecule has 1 amide bonds. The molecular formula is C29H35N3O. The minimum absolute atomic E-state index is 0.204. The van der Waals surface area contributed by atoms with Crippen molar-refractivity contribution in [2.24, 2.45) is 5.92 Å². The van der Waals surface area contributed by atoms with Gasteiger partial charge in [0.25, 0.3) is 0 Å². The number of nitrogens with one attached hydrogen (secondary N) is 1. The van der Waals surface area contributed by atoms with Gasteiger partial charge < -0.3 is 9.88 Å². The first-order valence-corrected chi connectivity index (χ1v) is 13.0. The molecule has 2 aromatic carbocycles. The minimum Gasteiger partial charge on any atom is -0.357 e. The second kappa shape index (κ2) is 8.98. The molecule has 0 spiro atoms. The summed E-state index contributed by atoms with van der Waals surface area (Å²) in [5.41, 5.74) is 5.06. The van der Waals surface area contributed by atoms with E-state index in [1.165, 1.54) is 60.0 Å². The molecule has 3 aliphatic rings. The standard InChI is InChI=1S/C29H35N3O/c33-29(22-10-2-1-3-11-22)32-24(17-16-21-9-5-7-14-27(21)32)20-31-18-8-15-28(31)26-19-23-12-4-6-13-25(23)30-26/h4-7,9,12-14,19,22,24,28,30H,1-3,8,10-11,15-18,20H2. The van der Waals surface area contributed by atoms with Crippen LogP contribution in [0, 0.1) is 5.92 Å². The molecule has 3 heterocycles. The van der Waals surface area contributed by atoms with Gasteiger partial charge in [-0.1, -0.05) is 55.7 Å². The summed E-state index contributed by atoms with van der Waals surface area (Å²) < 4.78 is 0. The molecule has 2 aliphatic heterocycles. The lowest BCUT2D eigenvalue weighted by Gasteiger charge is -2.42. The second-order valence-corrected chi connectivity index (χ2v) is 10.3. The van der Waals surface area contributed by atoms with Crippen LogP contribution in [0.25, 0.3) is 10.9 Å². The third-order valence-electron chi connectivity index (χ3n) is 8.27. The van der Waals surface area contributed by atoms with Crippen molar-refractivity contribution in [1.82, 2.24) is 9.88 Å². The fraction of sp³-hybridized carbons (Fsp3) is 0.483. The number of hydrogen-bond acceptors (Lipinski definition) is 2. The summed E-state index contributed by atoms with van der Waals surface area (Å²) in [7, 11) is 0. The highest BCUT2D eigenvalue weighted by Crippen LogP contribution is 2.38. The first-order chi connectivity index (χ1) is 16.3. The van der Waals surface area contributed by atoms with Crippen LogP contribution in [0.15, 0.2) is 54.6 Å². The van der Waals surface area contributed by atoms with E-state index in [1.807, 2.05) is 0 Å². The molecule has 1 aromatic heterocycles. The monoisotopic (exact) mass is 441 g/mol. The second-order valence-electron chi connectivity index (χ2n) is 10.3. The summed E-state index contributed by atoms with van der Waals surface area (Å²) in [6.07, 6.45) is 10.3. The summed E-state index contributed by atoms with van der Waals surface area (Å²) in [6, 6.07) is 20.2. The number of aryl methyl sites for hydroxylation is 1. The van der Waals surface area contributed by atoms with Crippen molar-refractivity contribution in [1.29, 1.82) is 0 Å². The van der Waals surface area contributed by atoms with Crippen molar-refractivity contribution in [3.63, 3.8) is 0 Å². The lowest BCUT2D eigenvalue weighted by Crippen LogP contribution is -2.51. The van der Waals surface area contributed by atoms with Gasteiger partial charge in [-0.2, -0.15) is 0 Å². The third-order valence-corrected chi connectivity index (χ3v) is 8.27. The van der Waals surface area contributed by atoms with Crippen molar-refractivity contribution in [2.75, 3.05) is 18.0 Å². The molecule has 172 valence electrons. The molecule has 4 heteroatoms. The molecule has 0 radical (unpaired) electrons. The van der Waals surface area contributed by atoms with E-state index in [0.717, 1.165) is 38.8 Å². The van der Waals surface area contributed by atoms with Crippen molar-refractivity contribution in [3.05, 3.63) is 65.9 Å². The largest absolute Gasteiger partial charge is 0.357 e. The molecule has 3 aromatic rings. The van der Waals surface area contributed by atoms with E-state index in [1.54, 1.807) is 0 Å². The van der Waals surface area contributed by atoms with Crippen LogP contribution in [0.2, 0.25) is 0 Å². The van der Waals surface area contributed by atoms with Crippen LogP contribution in [-0.2, 0) is 11.2 Å². The fourth-order valence-electron chi connectivity index (χ4n) is 6.57. The smallest absolute Gasteiger partial charge is 0.230 e. The maximum Gasteiger partial charge on any atom is 0.230 e. The van der Waals surface area contributed by atoms with Crippen LogP contribution >= 0.6 is 0 Å². The average molecular weight is 442 g/mol. The lowest BCUT2D eigenvalue weighted by atomic mass is 9.86. The Kier molecular flexibility index (Phi) is 5.71. The third kappa shape index (κ3) is 3.99. The number of fused-ring (bicyclic) bond motifs is 2. The van der Waals surface area contributed by atoms with E-state index < -0.39 is 0 Å². The Hall–Kier alpha value is -2.59. The molecule has 2 atom stereocenters. The molecule has 1 saturated heterocycles. The highest BCUT2D eigenvalue weighted by atomic mass is 16.2. The number of amides is 1. The Morgan fingerprint density at radius 2 is 1.73 bits per heavy atom. The highest BCUT2D eigenvalue weighted by molar-refractivity contribution is 5.97. The summed E-state index contributed by atoms with van der Waals surface area (Å²) in [6.45, 7) is 2.08. The number of para-hydroxylation sites is 2. The van der Waals surface area contributed by atoms with Gasteiger partial charge in [0.1, 0.15) is 0 Å². The van der Waals surface area contributed by atoms with E-state index >= 15 is 0 Å². The SMILES string of the molecule is O=C(C1CCCCC1)N1c2ccccc2CCC1CN1CCCC1c1cc2ccccc2[nH]1. The quantitative estimate of drug-likeness (QED) is 0.521. The lowest BCUT2D eigenvalue weighted by molar-refractivity contribution is -0.124. The van der Waals surface area contributed by atoms with Gasteiger partial charge in [0.15, 0.2) is 0 Å². The number of nitrogens with zero attached hydrogens (tertiary/aromatic N) is 2. The summed E-state index contributed by atoms with van der Waals surface area (Å²) in [4.78, 5) is 22.4. The molecule has 33 heavy (non-hydrogen) atoms. The van der Waals surface area contributed by atoms with Crippen LogP contribution in [0.3, 0.4) is 0 Å². The van der Waals surface area contributed by atoms with Gasteiger partial charge >= 0.3 is 0 Å². The Morgan fingerprint density at radius 1 is 0.909 bits per heavy atom. The zero-order valence-corrected chi connectivity index (χ0v) is 19.5. The van der Waals surface area contributed by atoms with Crippen LogP contribution in [0.4, 0.5) is 5.69 Å². The minimum atomic E-state index is 0.204. The number of aromatic amines is 1. The maximum absolute atomic E-state index is 13.9. The first-order valence-electron chi connectivity index (χ1n) is 13.0. The number of H-pyrrole nitrogens is 1. The number of anilines is 1.